The van der Waals surface area contributed by atoms with E-state index in [2.05, 4.69) is 0 Å². The minimum Gasteiger partial charge on any atom is -0.195 e. The first-order valence-corrected chi connectivity index (χ1v) is 5.08. The number of halogens is 1. The second kappa shape index (κ2) is 5.75. The SMILES string of the molecule is N#CC(F)=CCCC1CCCCC1. The summed E-state index contributed by atoms with van der Waals surface area (Å²) in [6.45, 7) is 0. The first-order chi connectivity index (χ1) is 6.33. The molecule has 2 heteroatoms. The Labute approximate surface area is 79.3 Å². The maximum atomic E-state index is 12.4. The third-order valence-corrected chi connectivity index (χ3v) is 2.73. The van der Waals surface area contributed by atoms with Gasteiger partial charge in [0.25, 0.3) is 0 Å². The van der Waals surface area contributed by atoms with E-state index in [0.29, 0.717) is 0 Å². The number of nitrogens with zero attached hydrogens (tertiary/aromatic N) is 1. The normalized spacial score (nSPS) is 19.8. The summed E-state index contributed by atoms with van der Waals surface area (Å²) in [5, 5.41) is 8.18. The van der Waals surface area contributed by atoms with Crippen molar-refractivity contribution in [3.8, 4) is 6.07 Å². The maximum Gasteiger partial charge on any atom is 0.196 e. The summed E-state index contributed by atoms with van der Waals surface area (Å²) in [4.78, 5) is 0. The van der Waals surface area contributed by atoms with Crippen LogP contribution in [-0.2, 0) is 0 Å². The van der Waals surface area contributed by atoms with Crippen molar-refractivity contribution < 1.29 is 4.39 Å². The molecule has 1 rings (SSSR count). The van der Waals surface area contributed by atoms with Gasteiger partial charge < -0.3 is 0 Å². The largest absolute Gasteiger partial charge is 0.196 e. The zero-order valence-corrected chi connectivity index (χ0v) is 7.93. The summed E-state index contributed by atoms with van der Waals surface area (Å²) in [5.41, 5.74) is 0. The van der Waals surface area contributed by atoms with Crippen LogP contribution >= 0.6 is 0 Å². The molecule has 0 unspecified atom stereocenters. The minimum absolute atomic E-state index is 0.629. The summed E-state index contributed by atoms with van der Waals surface area (Å²) in [7, 11) is 0. The van der Waals surface area contributed by atoms with Gasteiger partial charge >= 0.3 is 0 Å². The van der Waals surface area contributed by atoms with Gasteiger partial charge in [-0.2, -0.15) is 9.65 Å². The molecule has 13 heavy (non-hydrogen) atoms. The third-order valence-electron chi connectivity index (χ3n) is 2.73. The van der Waals surface area contributed by atoms with Crippen molar-refractivity contribution in [1.29, 1.82) is 5.26 Å². The highest BCUT2D eigenvalue weighted by Gasteiger charge is 2.11. The van der Waals surface area contributed by atoms with Crippen molar-refractivity contribution in [2.24, 2.45) is 5.92 Å². The van der Waals surface area contributed by atoms with E-state index in [-0.39, 0.29) is 0 Å². The smallest absolute Gasteiger partial charge is 0.195 e. The van der Waals surface area contributed by atoms with E-state index in [1.54, 1.807) is 0 Å². The Morgan fingerprint density at radius 2 is 2.08 bits per heavy atom. The van der Waals surface area contributed by atoms with Crippen LogP contribution in [0.1, 0.15) is 44.9 Å². The van der Waals surface area contributed by atoms with Gasteiger partial charge in [-0.1, -0.05) is 32.1 Å². The van der Waals surface area contributed by atoms with E-state index in [0.717, 1.165) is 18.8 Å². The molecule has 1 aliphatic rings. The molecule has 0 heterocycles. The van der Waals surface area contributed by atoms with Crippen LogP contribution in [0.3, 0.4) is 0 Å². The fourth-order valence-electron chi connectivity index (χ4n) is 1.97. The average Bonchev–Trinajstić information content (AvgIpc) is 2.19. The summed E-state index contributed by atoms with van der Waals surface area (Å²) < 4.78 is 12.4. The second-order valence-corrected chi connectivity index (χ2v) is 3.75. The number of hydrogen-bond donors (Lipinski definition) is 0. The Morgan fingerprint density at radius 3 is 2.69 bits per heavy atom. The summed E-state index contributed by atoms with van der Waals surface area (Å²) in [6.07, 6.45) is 9.79. The van der Waals surface area contributed by atoms with Crippen molar-refractivity contribution >= 4 is 0 Å². The summed E-state index contributed by atoms with van der Waals surface area (Å²) >= 11 is 0. The Hall–Kier alpha value is -0.840. The number of rotatable bonds is 3. The number of hydrogen-bond acceptors (Lipinski definition) is 1. The molecule has 0 amide bonds. The standard InChI is InChI=1S/C11H16FN/c12-11(9-13)8-4-7-10-5-2-1-3-6-10/h8,10H,1-7H2. The van der Waals surface area contributed by atoms with Gasteiger partial charge in [-0.25, -0.2) is 0 Å². The van der Waals surface area contributed by atoms with Gasteiger partial charge in [0.05, 0.1) is 0 Å². The third kappa shape index (κ3) is 4.07. The quantitative estimate of drug-likeness (QED) is 0.609. The van der Waals surface area contributed by atoms with Crippen LogP contribution in [0, 0.1) is 17.2 Å². The molecule has 0 aromatic carbocycles. The molecule has 0 aromatic heterocycles. The first kappa shape index (κ1) is 10.2. The molecule has 1 fully saturated rings. The summed E-state index contributed by atoms with van der Waals surface area (Å²) in [6, 6.07) is 1.50. The lowest BCUT2D eigenvalue weighted by Gasteiger charge is -2.20. The van der Waals surface area contributed by atoms with Crippen molar-refractivity contribution in [2.75, 3.05) is 0 Å². The molecule has 0 aliphatic heterocycles. The molecule has 0 bridgehead atoms. The van der Waals surface area contributed by atoms with Crippen LogP contribution in [0.5, 0.6) is 0 Å². The second-order valence-electron chi connectivity index (χ2n) is 3.75. The molecule has 1 saturated carbocycles. The highest BCUT2D eigenvalue weighted by Crippen LogP contribution is 2.27. The van der Waals surface area contributed by atoms with Gasteiger partial charge in [0, 0.05) is 0 Å². The van der Waals surface area contributed by atoms with E-state index in [4.69, 9.17) is 5.26 Å². The van der Waals surface area contributed by atoms with Gasteiger partial charge in [0.2, 0.25) is 0 Å². The van der Waals surface area contributed by atoms with Gasteiger partial charge in [0.15, 0.2) is 5.83 Å². The van der Waals surface area contributed by atoms with Crippen LogP contribution in [0.2, 0.25) is 0 Å². The lowest BCUT2D eigenvalue weighted by molar-refractivity contribution is 0.340. The molecule has 72 valence electrons. The lowest BCUT2D eigenvalue weighted by Crippen LogP contribution is -2.05. The predicted octanol–water partition coefficient (Wildman–Crippen LogP) is 3.72. The van der Waals surface area contributed by atoms with E-state index in [1.807, 2.05) is 0 Å². The molecule has 0 aromatic rings. The zero-order chi connectivity index (χ0) is 9.52. The fourth-order valence-corrected chi connectivity index (χ4v) is 1.97. The Bertz CT molecular complexity index is 209. The Morgan fingerprint density at radius 1 is 1.38 bits per heavy atom. The molecule has 0 saturated heterocycles. The van der Waals surface area contributed by atoms with E-state index < -0.39 is 5.83 Å². The van der Waals surface area contributed by atoms with Gasteiger partial charge in [-0.05, 0) is 24.8 Å². The van der Waals surface area contributed by atoms with Crippen molar-refractivity contribution in [3.63, 3.8) is 0 Å². The molecule has 0 atom stereocenters. The monoisotopic (exact) mass is 181 g/mol. The van der Waals surface area contributed by atoms with Crippen molar-refractivity contribution in [2.45, 2.75) is 44.9 Å². The van der Waals surface area contributed by atoms with Gasteiger partial charge in [0.1, 0.15) is 6.07 Å². The molecule has 1 aliphatic carbocycles. The minimum atomic E-state index is -0.629. The van der Waals surface area contributed by atoms with E-state index >= 15 is 0 Å². The molecule has 1 nitrogen and oxygen atoms in total. The van der Waals surface area contributed by atoms with Crippen molar-refractivity contribution in [1.82, 2.24) is 0 Å². The molecule has 0 spiro atoms. The number of allylic oxidation sites excluding steroid dienone is 2. The molecule has 0 N–H and O–H groups in total. The highest BCUT2D eigenvalue weighted by molar-refractivity contribution is 5.11. The van der Waals surface area contributed by atoms with Crippen LogP contribution in [0.15, 0.2) is 11.9 Å². The van der Waals surface area contributed by atoms with Crippen molar-refractivity contribution in [3.05, 3.63) is 11.9 Å². The summed E-state index contributed by atoms with van der Waals surface area (Å²) in [5.74, 6) is 0.146. The lowest BCUT2D eigenvalue weighted by atomic mass is 9.86. The van der Waals surface area contributed by atoms with Crippen LogP contribution in [0.4, 0.5) is 4.39 Å². The molecular weight excluding hydrogens is 165 g/mol. The number of nitriles is 1. The van der Waals surface area contributed by atoms with Crippen LogP contribution in [0.25, 0.3) is 0 Å². The van der Waals surface area contributed by atoms with Gasteiger partial charge in [-0.3, -0.25) is 0 Å². The van der Waals surface area contributed by atoms with E-state index in [1.165, 1.54) is 44.2 Å². The fraction of sp³-hybridized carbons (Fsp3) is 0.727. The first-order valence-electron chi connectivity index (χ1n) is 5.08. The molecular formula is C11H16FN. The highest BCUT2D eigenvalue weighted by atomic mass is 19.1. The Kier molecular flexibility index (Phi) is 4.53. The Balaban J connectivity index is 2.15. The van der Waals surface area contributed by atoms with Crippen LogP contribution in [-0.4, -0.2) is 0 Å². The predicted molar refractivity (Wildman–Crippen MR) is 50.6 cm³/mol. The topological polar surface area (TPSA) is 23.8 Å². The maximum absolute atomic E-state index is 12.4. The zero-order valence-electron chi connectivity index (χ0n) is 7.93. The average molecular weight is 181 g/mol. The van der Waals surface area contributed by atoms with Crippen LogP contribution < -0.4 is 0 Å². The van der Waals surface area contributed by atoms with E-state index in [9.17, 15) is 4.39 Å². The molecule has 0 radical (unpaired) electrons. The van der Waals surface area contributed by atoms with Gasteiger partial charge in [-0.15, -0.1) is 0 Å².